The highest BCUT2D eigenvalue weighted by Gasteiger charge is 2.14. The van der Waals surface area contributed by atoms with Crippen LogP contribution in [0.25, 0.3) is 10.9 Å². The number of nitrogens with zero attached hydrogens (tertiary/aromatic N) is 2. The zero-order valence-electron chi connectivity index (χ0n) is 16.5. The van der Waals surface area contributed by atoms with Crippen LogP contribution in [0.2, 0.25) is 0 Å². The number of fused-ring (bicyclic) bond motifs is 1. The molecule has 29 heavy (non-hydrogen) atoms. The van der Waals surface area contributed by atoms with Gasteiger partial charge in [-0.05, 0) is 47.4 Å². The number of carbonyl (C=O) groups is 1. The summed E-state index contributed by atoms with van der Waals surface area (Å²) in [5.74, 6) is -0.419. The first-order valence-corrected chi connectivity index (χ1v) is 9.64. The fourth-order valence-corrected chi connectivity index (χ4v) is 3.39. The lowest BCUT2D eigenvalue weighted by molar-refractivity contribution is 0.0697. The van der Waals surface area contributed by atoms with Crippen molar-refractivity contribution in [1.82, 2.24) is 9.55 Å². The van der Waals surface area contributed by atoms with Gasteiger partial charge < -0.3 is 15.0 Å². The molecule has 0 unspecified atom stereocenters. The normalized spacial score (nSPS) is 11.1. The van der Waals surface area contributed by atoms with Crippen molar-refractivity contribution in [3.8, 4) is 0 Å². The van der Waals surface area contributed by atoms with E-state index in [1.165, 1.54) is 5.56 Å². The first kappa shape index (κ1) is 18.7. The number of carboxylic acids is 1. The number of aromatic nitrogens is 2. The van der Waals surface area contributed by atoms with Crippen molar-refractivity contribution in [3.63, 3.8) is 0 Å². The minimum Gasteiger partial charge on any atom is -0.478 e. The molecule has 5 heteroatoms. The van der Waals surface area contributed by atoms with Crippen molar-refractivity contribution >= 4 is 28.4 Å². The second-order valence-corrected chi connectivity index (χ2v) is 7.45. The van der Waals surface area contributed by atoms with Crippen molar-refractivity contribution in [1.29, 1.82) is 0 Å². The molecule has 0 bridgehead atoms. The number of aromatic carboxylic acids is 1. The third-order valence-corrected chi connectivity index (χ3v) is 5.04. The number of hydrogen-bond donors (Lipinski definition) is 2. The van der Waals surface area contributed by atoms with E-state index in [2.05, 4.69) is 39.3 Å². The number of pyridine rings is 1. The SMILES string of the molecule is CC(C)c1cnc(Nc2ccc3c(ccn3Cc3ccccc3)c2)c(C(=O)O)c1. The van der Waals surface area contributed by atoms with E-state index in [0.717, 1.165) is 28.7 Å². The smallest absolute Gasteiger partial charge is 0.339 e. The van der Waals surface area contributed by atoms with Crippen LogP contribution in [0, 0.1) is 0 Å². The third kappa shape index (κ3) is 3.99. The standard InChI is InChI=1S/C24H23N3O2/c1-16(2)19-13-21(24(28)29)23(25-14-19)26-20-8-9-22-18(12-20)10-11-27(22)15-17-6-4-3-5-7-17/h3-14,16H,15H2,1-2H3,(H,25,26)(H,28,29). The number of benzene rings is 2. The molecule has 2 aromatic heterocycles. The van der Waals surface area contributed by atoms with Crippen molar-refractivity contribution in [2.24, 2.45) is 0 Å². The average molecular weight is 385 g/mol. The lowest BCUT2D eigenvalue weighted by Crippen LogP contribution is -2.06. The maximum atomic E-state index is 11.7. The first-order chi connectivity index (χ1) is 14.0. The van der Waals surface area contributed by atoms with Crippen LogP contribution in [0.5, 0.6) is 0 Å². The molecule has 4 rings (SSSR count). The van der Waals surface area contributed by atoms with Gasteiger partial charge in [0.1, 0.15) is 11.4 Å². The minimum absolute atomic E-state index is 0.179. The summed E-state index contributed by atoms with van der Waals surface area (Å²) in [5.41, 5.74) is 4.26. The van der Waals surface area contributed by atoms with E-state index in [1.807, 2.05) is 50.2 Å². The minimum atomic E-state index is -0.988. The molecule has 2 heterocycles. The highest BCUT2D eigenvalue weighted by molar-refractivity contribution is 5.94. The Bertz CT molecular complexity index is 1160. The summed E-state index contributed by atoms with van der Waals surface area (Å²) >= 11 is 0. The number of rotatable bonds is 6. The summed E-state index contributed by atoms with van der Waals surface area (Å²) in [6, 6.07) is 20.1. The molecular weight excluding hydrogens is 362 g/mol. The van der Waals surface area contributed by atoms with Crippen molar-refractivity contribution in [2.75, 3.05) is 5.32 Å². The summed E-state index contributed by atoms with van der Waals surface area (Å²) in [5, 5.41) is 13.8. The molecule has 5 nitrogen and oxygen atoms in total. The van der Waals surface area contributed by atoms with Gasteiger partial charge >= 0.3 is 5.97 Å². The topological polar surface area (TPSA) is 67.2 Å². The summed E-state index contributed by atoms with van der Waals surface area (Å²) in [7, 11) is 0. The van der Waals surface area contributed by atoms with Crippen LogP contribution in [-0.2, 0) is 6.54 Å². The molecule has 2 N–H and O–H groups in total. The Kier molecular flexibility index (Phi) is 5.04. The van der Waals surface area contributed by atoms with Gasteiger partial charge in [-0.3, -0.25) is 0 Å². The van der Waals surface area contributed by atoms with E-state index in [9.17, 15) is 9.90 Å². The van der Waals surface area contributed by atoms with Crippen molar-refractivity contribution in [2.45, 2.75) is 26.3 Å². The van der Waals surface area contributed by atoms with Crippen LogP contribution >= 0.6 is 0 Å². The van der Waals surface area contributed by atoms with Gasteiger partial charge in [0.2, 0.25) is 0 Å². The molecular formula is C24H23N3O2. The van der Waals surface area contributed by atoms with E-state index in [0.29, 0.717) is 5.82 Å². The van der Waals surface area contributed by atoms with Gasteiger partial charge in [-0.2, -0.15) is 0 Å². The van der Waals surface area contributed by atoms with Crippen LogP contribution in [0.3, 0.4) is 0 Å². The molecule has 0 aliphatic heterocycles. The molecule has 0 fully saturated rings. The molecule has 2 aromatic carbocycles. The van der Waals surface area contributed by atoms with E-state index in [4.69, 9.17) is 0 Å². The molecule has 0 saturated carbocycles. The van der Waals surface area contributed by atoms with E-state index in [-0.39, 0.29) is 11.5 Å². The van der Waals surface area contributed by atoms with Crippen LogP contribution in [0.4, 0.5) is 11.5 Å². The zero-order valence-corrected chi connectivity index (χ0v) is 16.5. The van der Waals surface area contributed by atoms with Gasteiger partial charge in [0.05, 0.1) is 0 Å². The molecule has 0 aliphatic carbocycles. The highest BCUT2D eigenvalue weighted by atomic mass is 16.4. The van der Waals surface area contributed by atoms with Gasteiger partial charge in [0.25, 0.3) is 0 Å². The first-order valence-electron chi connectivity index (χ1n) is 9.64. The Balaban J connectivity index is 1.62. The number of anilines is 2. The molecule has 4 aromatic rings. The molecule has 0 atom stereocenters. The number of hydrogen-bond acceptors (Lipinski definition) is 3. The maximum absolute atomic E-state index is 11.7. The Morgan fingerprint density at radius 3 is 2.62 bits per heavy atom. The highest BCUT2D eigenvalue weighted by Crippen LogP contribution is 2.26. The molecule has 0 aliphatic rings. The summed E-state index contributed by atoms with van der Waals surface area (Å²) < 4.78 is 2.20. The fraction of sp³-hybridized carbons (Fsp3) is 0.167. The second-order valence-electron chi connectivity index (χ2n) is 7.45. The quantitative estimate of drug-likeness (QED) is 0.450. The van der Waals surface area contributed by atoms with Crippen LogP contribution in [0.1, 0.15) is 41.3 Å². The third-order valence-electron chi connectivity index (χ3n) is 5.04. The summed E-state index contributed by atoms with van der Waals surface area (Å²) in [4.78, 5) is 16.1. The Morgan fingerprint density at radius 1 is 1.10 bits per heavy atom. The Morgan fingerprint density at radius 2 is 1.90 bits per heavy atom. The van der Waals surface area contributed by atoms with Gasteiger partial charge in [0, 0.05) is 35.5 Å². The van der Waals surface area contributed by atoms with Gasteiger partial charge in [0.15, 0.2) is 0 Å². The van der Waals surface area contributed by atoms with Crippen molar-refractivity contribution < 1.29 is 9.90 Å². The van der Waals surface area contributed by atoms with Gasteiger partial charge in [-0.25, -0.2) is 9.78 Å². The predicted molar refractivity (Wildman–Crippen MR) is 116 cm³/mol. The average Bonchev–Trinajstić information content (AvgIpc) is 3.10. The predicted octanol–water partition coefficient (Wildman–Crippen LogP) is 5.65. The molecule has 0 amide bonds. The second kappa shape index (κ2) is 7.80. The Labute approximate surface area is 169 Å². The maximum Gasteiger partial charge on any atom is 0.339 e. The molecule has 0 radical (unpaired) electrons. The monoisotopic (exact) mass is 385 g/mol. The fourth-order valence-electron chi connectivity index (χ4n) is 3.39. The van der Waals surface area contributed by atoms with Gasteiger partial charge in [-0.15, -0.1) is 0 Å². The number of carboxylic acid groups (broad SMARTS) is 1. The molecule has 0 spiro atoms. The lowest BCUT2D eigenvalue weighted by atomic mass is 10.0. The summed E-state index contributed by atoms with van der Waals surface area (Å²) in [6.45, 7) is 4.84. The van der Waals surface area contributed by atoms with Crippen molar-refractivity contribution in [3.05, 3.63) is 89.7 Å². The van der Waals surface area contributed by atoms with Crippen LogP contribution in [-0.4, -0.2) is 20.6 Å². The van der Waals surface area contributed by atoms with Crippen LogP contribution < -0.4 is 5.32 Å². The number of nitrogens with one attached hydrogen (secondary N) is 1. The van der Waals surface area contributed by atoms with E-state index in [1.54, 1.807) is 12.3 Å². The molecule has 146 valence electrons. The zero-order chi connectivity index (χ0) is 20.4. The Hall–Kier alpha value is -3.60. The van der Waals surface area contributed by atoms with Gasteiger partial charge in [-0.1, -0.05) is 44.2 Å². The lowest BCUT2D eigenvalue weighted by Gasteiger charge is -2.12. The largest absolute Gasteiger partial charge is 0.478 e. The van der Waals surface area contributed by atoms with Crippen LogP contribution in [0.15, 0.2) is 73.1 Å². The molecule has 0 saturated heterocycles. The summed E-state index contributed by atoms with van der Waals surface area (Å²) in [6.07, 6.45) is 3.80. The van der Waals surface area contributed by atoms with E-state index >= 15 is 0 Å². The van der Waals surface area contributed by atoms with E-state index < -0.39 is 5.97 Å².